The lowest BCUT2D eigenvalue weighted by atomic mass is 9.86. The van der Waals surface area contributed by atoms with Crippen LogP contribution in [0.1, 0.15) is 39.5 Å². The van der Waals surface area contributed by atoms with Crippen molar-refractivity contribution in [3.05, 3.63) is 24.0 Å². The van der Waals surface area contributed by atoms with Gasteiger partial charge in [0.2, 0.25) is 11.8 Å². The van der Waals surface area contributed by atoms with Crippen LogP contribution >= 0.6 is 0 Å². The Balaban J connectivity index is 1.87. The van der Waals surface area contributed by atoms with Crippen molar-refractivity contribution in [2.45, 2.75) is 45.6 Å². The summed E-state index contributed by atoms with van der Waals surface area (Å²) in [4.78, 5) is 23.1. The van der Waals surface area contributed by atoms with E-state index in [1.807, 2.05) is 0 Å². The van der Waals surface area contributed by atoms with E-state index in [4.69, 9.17) is 0 Å². The summed E-state index contributed by atoms with van der Waals surface area (Å²) >= 11 is 0. The predicted molar refractivity (Wildman–Crippen MR) is 88.8 cm³/mol. The van der Waals surface area contributed by atoms with Crippen molar-refractivity contribution >= 4 is 23.2 Å². The summed E-state index contributed by atoms with van der Waals surface area (Å²) in [6.45, 7) is 3.60. The molecule has 1 fully saturated rings. The summed E-state index contributed by atoms with van der Waals surface area (Å²) in [5.41, 5.74) is 0.686. The van der Waals surface area contributed by atoms with Crippen LogP contribution in [-0.2, 0) is 9.59 Å². The first kappa shape index (κ1) is 17.2. The number of halogens is 1. The molecule has 2 rings (SSSR count). The van der Waals surface area contributed by atoms with Crippen LogP contribution in [0.2, 0.25) is 0 Å². The van der Waals surface area contributed by atoms with Crippen molar-refractivity contribution in [3.63, 3.8) is 0 Å². The molecule has 0 radical (unpaired) electrons. The Morgan fingerprint density at radius 1 is 1.26 bits per heavy atom. The fourth-order valence-corrected chi connectivity index (χ4v) is 2.89. The van der Waals surface area contributed by atoms with E-state index >= 15 is 0 Å². The van der Waals surface area contributed by atoms with Crippen molar-refractivity contribution < 1.29 is 14.0 Å². The Bertz CT molecular complexity index is 577. The monoisotopic (exact) mass is 321 g/mol. The van der Waals surface area contributed by atoms with Crippen LogP contribution in [-0.4, -0.2) is 24.4 Å². The van der Waals surface area contributed by atoms with E-state index in [-0.39, 0.29) is 30.1 Å². The molecule has 0 spiro atoms. The quantitative estimate of drug-likeness (QED) is 0.781. The number of hydrogen-bond acceptors (Lipinski definition) is 3. The molecule has 0 unspecified atom stereocenters. The maximum absolute atomic E-state index is 13.6. The van der Waals surface area contributed by atoms with Crippen LogP contribution in [0.5, 0.6) is 0 Å². The minimum Gasteiger partial charge on any atom is -0.376 e. The zero-order chi connectivity index (χ0) is 16.8. The smallest absolute Gasteiger partial charge is 0.239 e. The Labute approximate surface area is 136 Å². The van der Waals surface area contributed by atoms with Gasteiger partial charge in [0.05, 0.1) is 12.2 Å². The van der Waals surface area contributed by atoms with Gasteiger partial charge in [-0.3, -0.25) is 9.59 Å². The van der Waals surface area contributed by atoms with Gasteiger partial charge in [-0.25, -0.2) is 4.39 Å². The van der Waals surface area contributed by atoms with Gasteiger partial charge < -0.3 is 16.0 Å². The second-order valence-electron chi connectivity index (χ2n) is 6.17. The molecule has 0 bridgehead atoms. The first-order valence-corrected chi connectivity index (χ1v) is 8.06. The van der Waals surface area contributed by atoms with Gasteiger partial charge in [-0.15, -0.1) is 0 Å². The van der Waals surface area contributed by atoms with E-state index in [1.54, 1.807) is 0 Å². The molecule has 23 heavy (non-hydrogen) atoms. The van der Waals surface area contributed by atoms with Crippen LogP contribution in [0.4, 0.5) is 15.8 Å². The van der Waals surface area contributed by atoms with E-state index in [0.29, 0.717) is 11.6 Å². The number of hydrogen-bond donors (Lipinski definition) is 3. The summed E-state index contributed by atoms with van der Waals surface area (Å²) in [5.74, 6) is -0.421. The van der Waals surface area contributed by atoms with Gasteiger partial charge in [-0.05, 0) is 37.0 Å². The molecule has 0 aromatic heterocycles. The van der Waals surface area contributed by atoms with Gasteiger partial charge in [-0.2, -0.15) is 0 Å². The number of amides is 2. The van der Waals surface area contributed by atoms with Crippen LogP contribution in [0.3, 0.4) is 0 Å². The van der Waals surface area contributed by atoms with E-state index in [0.717, 1.165) is 19.3 Å². The predicted octanol–water partition coefficient (Wildman–Crippen LogP) is 2.89. The highest BCUT2D eigenvalue weighted by Crippen LogP contribution is 2.23. The topological polar surface area (TPSA) is 70.2 Å². The maximum atomic E-state index is 13.6. The molecule has 6 heteroatoms. The molecule has 2 atom stereocenters. The van der Waals surface area contributed by atoms with E-state index in [1.165, 1.54) is 31.5 Å². The van der Waals surface area contributed by atoms with Crippen molar-refractivity contribution in [1.29, 1.82) is 0 Å². The van der Waals surface area contributed by atoms with Crippen molar-refractivity contribution in [1.82, 2.24) is 5.32 Å². The molecule has 0 heterocycles. The highest BCUT2D eigenvalue weighted by Gasteiger charge is 2.22. The summed E-state index contributed by atoms with van der Waals surface area (Å²) in [6, 6.07) is 4.51. The van der Waals surface area contributed by atoms with Crippen LogP contribution in [0.25, 0.3) is 0 Å². The van der Waals surface area contributed by atoms with Gasteiger partial charge in [0.1, 0.15) is 5.82 Å². The molecular formula is C17H24FN3O2. The largest absolute Gasteiger partial charge is 0.376 e. The number of nitrogens with one attached hydrogen (secondary N) is 3. The van der Waals surface area contributed by atoms with Crippen molar-refractivity contribution in [2.75, 3.05) is 17.2 Å². The highest BCUT2D eigenvalue weighted by atomic mass is 19.1. The molecule has 0 saturated heterocycles. The molecular weight excluding hydrogens is 297 g/mol. The van der Waals surface area contributed by atoms with E-state index in [9.17, 15) is 14.0 Å². The maximum Gasteiger partial charge on any atom is 0.239 e. The fourth-order valence-electron chi connectivity index (χ4n) is 2.89. The van der Waals surface area contributed by atoms with Crippen LogP contribution in [0.15, 0.2) is 18.2 Å². The van der Waals surface area contributed by atoms with Gasteiger partial charge in [-0.1, -0.05) is 19.8 Å². The Morgan fingerprint density at radius 3 is 2.70 bits per heavy atom. The van der Waals surface area contributed by atoms with Crippen LogP contribution < -0.4 is 16.0 Å². The lowest BCUT2D eigenvalue weighted by Crippen LogP contribution is -2.43. The normalized spacial score (nSPS) is 20.7. The van der Waals surface area contributed by atoms with Gasteiger partial charge in [0, 0.05) is 18.7 Å². The molecule has 2 amide bonds. The molecule has 5 nitrogen and oxygen atoms in total. The number of anilines is 2. The van der Waals surface area contributed by atoms with Crippen molar-refractivity contribution in [3.8, 4) is 0 Å². The average Bonchev–Trinajstić information content (AvgIpc) is 2.50. The summed E-state index contributed by atoms with van der Waals surface area (Å²) in [6.07, 6.45) is 4.56. The van der Waals surface area contributed by atoms with Gasteiger partial charge in [0.15, 0.2) is 0 Å². The average molecular weight is 321 g/mol. The summed E-state index contributed by atoms with van der Waals surface area (Å²) < 4.78 is 13.6. The number of carbonyl (C=O) groups is 2. The number of carbonyl (C=O) groups excluding carboxylic acids is 2. The lowest BCUT2D eigenvalue weighted by molar-refractivity contribution is -0.120. The zero-order valence-electron chi connectivity index (χ0n) is 13.6. The Kier molecular flexibility index (Phi) is 5.96. The van der Waals surface area contributed by atoms with Gasteiger partial charge >= 0.3 is 0 Å². The zero-order valence-corrected chi connectivity index (χ0v) is 13.6. The van der Waals surface area contributed by atoms with Crippen LogP contribution in [0, 0.1) is 11.7 Å². The van der Waals surface area contributed by atoms with E-state index in [2.05, 4.69) is 22.9 Å². The number of rotatable bonds is 5. The minimum atomic E-state index is -0.508. The Morgan fingerprint density at radius 2 is 2.00 bits per heavy atom. The first-order chi connectivity index (χ1) is 11.0. The SMILES string of the molecule is CC(=O)Nc1cc(NCC(=O)N[C@@H]2CCCC[C@@H]2C)ccc1F. The summed E-state index contributed by atoms with van der Waals surface area (Å²) in [7, 11) is 0. The molecule has 3 N–H and O–H groups in total. The third-order valence-corrected chi connectivity index (χ3v) is 4.19. The van der Waals surface area contributed by atoms with Gasteiger partial charge in [0.25, 0.3) is 0 Å². The van der Waals surface area contributed by atoms with Crippen molar-refractivity contribution in [2.24, 2.45) is 5.92 Å². The lowest BCUT2D eigenvalue weighted by Gasteiger charge is -2.29. The van der Waals surface area contributed by atoms with E-state index < -0.39 is 5.82 Å². The molecule has 1 aromatic carbocycles. The third-order valence-electron chi connectivity index (χ3n) is 4.19. The minimum absolute atomic E-state index is 0.0749. The number of benzene rings is 1. The second kappa shape index (κ2) is 7.94. The molecule has 1 saturated carbocycles. The molecule has 1 aliphatic rings. The molecule has 1 aromatic rings. The molecule has 126 valence electrons. The molecule has 1 aliphatic carbocycles. The first-order valence-electron chi connectivity index (χ1n) is 8.06. The Hall–Kier alpha value is -2.11. The molecule has 0 aliphatic heterocycles. The third kappa shape index (κ3) is 5.23. The summed E-state index contributed by atoms with van der Waals surface area (Å²) in [5, 5.41) is 8.43. The highest BCUT2D eigenvalue weighted by molar-refractivity contribution is 5.89. The standard InChI is InChI=1S/C17H24FN3O2/c1-11-5-3-4-6-15(11)21-17(23)10-19-13-7-8-14(18)16(9-13)20-12(2)22/h7-9,11,15,19H,3-6,10H2,1-2H3,(H,20,22)(H,21,23)/t11-,15+/m0/s1. The fraction of sp³-hybridized carbons (Fsp3) is 0.529. The second-order valence-corrected chi connectivity index (χ2v) is 6.17.